The van der Waals surface area contributed by atoms with Crippen LogP contribution in [0.4, 0.5) is 5.69 Å². The number of rotatable bonds is 12. The molecule has 0 spiro atoms. The first-order chi connectivity index (χ1) is 15.0. The van der Waals surface area contributed by atoms with Crippen LogP contribution in [0.5, 0.6) is 0 Å². The zero-order chi connectivity index (χ0) is 24.3. The molecule has 0 radical (unpaired) electrons. The van der Waals surface area contributed by atoms with Gasteiger partial charge < -0.3 is 20.7 Å². The minimum atomic E-state index is -0.699. The molecule has 0 aliphatic carbocycles. The summed E-state index contributed by atoms with van der Waals surface area (Å²) in [5.41, 5.74) is 1.36. The van der Waals surface area contributed by atoms with Gasteiger partial charge in [0.2, 0.25) is 17.7 Å². The van der Waals surface area contributed by atoms with Crippen LogP contribution in [0.15, 0.2) is 24.3 Å². The fourth-order valence-corrected chi connectivity index (χ4v) is 2.69. The first kappa shape index (κ1) is 27.1. The van der Waals surface area contributed by atoms with Crippen LogP contribution in [0, 0.1) is 17.8 Å². The SMILES string of the molecule is CC(C)CCC(=O)NC(C(=O)NCC(=O)Nc1ccc(COC(=O)C(C)C)cc1)C(C)C. The molecule has 1 aromatic carbocycles. The van der Waals surface area contributed by atoms with Crippen molar-refractivity contribution >= 4 is 29.4 Å². The highest BCUT2D eigenvalue weighted by Crippen LogP contribution is 2.11. The molecule has 1 atom stereocenters. The van der Waals surface area contributed by atoms with E-state index in [2.05, 4.69) is 16.0 Å². The minimum absolute atomic E-state index is 0.113. The standard InChI is InChI=1S/C24H37N3O5/c1-15(2)7-12-20(28)27-22(16(3)4)23(30)25-13-21(29)26-19-10-8-18(9-11-19)14-32-24(31)17(5)6/h8-11,15-17,22H,7,12-14H2,1-6H3,(H,25,30)(H,26,29)(H,27,28). The Morgan fingerprint density at radius 1 is 0.906 bits per heavy atom. The maximum atomic E-state index is 12.5. The summed E-state index contributed by atoms with van der Waals surface area (Å²) in [7, 11) is 0. The van der Waals surface area contributed by atoms with Crippen LogP contribution in [0.3, 0.4) is 0 Å². The van der Waals surface area contributed by atoms with Crippen LogP contribution in [-0.4, -0.2) is 36.3 Å². The largest absolute Gasteiger partial charge is 0.461 e. The molecule has 0 saturated carbocycles. The number of nitrogens with one attached hydrogen (secondary N) is 3. The Labute approximate surface area is 190 Å². The van der Waals surface area contributed by atoms with E-state index in [0.717, 1.165) is 12.0 Å². The molecular formula is C24H37N3O5. The summed E-state index contributed by atoms with van der Waals surface area (Å²) in [6.45, 7) is 11.2. The molecule has 1 unspecified atom stereocenters. The van der Waals surface area contributed by atoms with Crippen molar-refractivity contribution in [3.8, 4) is 0 Å². The molecule has 3 N–H and O–H groups in total. The zero-order valence-electron chi connectivity index (χ0n) is 20.0. The Hall–Kier alpha value is -2.90. The van der Waals surface area contributed by atoms with E-state index in [1.807, 2.05) is 27.7 Å². The summed E-state index contributed by atoms with van der Waals surface area (Å²) in [4.78, 5) is 48.3. The van der Waals surface area contributed by atoms with Gasteiger partial charge in [0.15, 0.2) is 0 Å². The topological polar surface area (TPSA) is 114 Å². The first-order valence-electron chi connectivity index (χ1n) is 11.1. The fourth-order valence-electron chi connectivity index (χ4n) is 2.69. The smallest absolute Gasteiger partial charge is 0.308 e. The molecule has 8 heteroatoms. The van der Waals surface area contributed by atoms with Gasteiger partial charge in [-0.05, 0) is 36.0 Å². The molecule has 8 nitrogen and oxygen atoms in total. The summed E-state index contributed by atoms with van der Waals surface area (Å²) in [5, 5.41) is 8.05. The molecule has 0 fully saturated rings. The van der Waals surface area contributed by atoms with Crippen LogP contribution < -0.4 is 16.0 Å². The Bertz CT molecular complexity index is 772. The third-order valence-electron chi connectivity index (χ3n) is 4.73. The second-order valence-electron chi connectivity index (χ2n) is 8.95. The van der Waals surface area contributed by atoms with Crippen LogP contribution in [0.1, 0.15) is 59.9 Å². The van der Waals surface area contributed by atoms with Gasteiger partial charge in [0.25, 0.3) is 0 Å². The van der Waals surface area contributed by atoms with Crippen molar-refractivity contribution in [1.29, 1.82) is 0 Å². The molecule has 3 amide bonds. The molecule has 0 aliphatic heterocycles. The molecule has 0 saturated heterocycles. The molecule has 0 heterocycles. The Balaban J connectivity index is 2.50. The van der Waals surface area contributed by atoms with Crippen molar-refractivity contribution in [2.75, 3.05) is 11.9 Å². The molecular weight excluding hydrogens is 410 g/mol. The van der Waals surface area contributed by atoms with Crippen LogP contribution in [-0.2, 0) is 30.5 Å². The van der Waals surface area contributed by atoms with Gasteiger partial charge in [0.1, 0.15) is 12.6 Å². The summed E-state index contributed by atoms with van der Waals surface area (Å²) < 4.78 is 5.17. The van der Waals surface area contributed by atoms with Crippen LogP contribution in [0.25, 0.3) is 0 Å². The van der Waals surface area contributed by atoms with Crippen LogP contribution in [0.2, 0.25) is 0 Å². The van der Waals surface area contributed by atoms with Gasteiger partial charge in [-0.15, -0.1) is 0 Å². The van der Waals surface area contributed by atoms with E-state index in [1.54, 1.807) is 38.1 Å². The second-order valence-corrected chi connectivity index (χ2v) is 8.95. The van der Waals surface area contributed by atoms with Crippen LogP contribution >= 0.6 is 0 Å². The molecule has 0 aromatic heterocycles. The van der Waals surface area contributed by atoms with E-state index in [9.17, 15) is 19.2 Å². The molecule has 1 aromatic rings. The molecule has 1 rings (SSSR count). The molecule has 0 aliphatic rings. The lowest BCUT2D eigenvalue weighted by Gasteiger charge is -2.22. The Morgan fingerprint density at radius 3 is 2.06 bits per heavy atom. The Kier molecular flexibility index (Phi) is 11.4. The minimum Gasteiger partial charge on any atom is -0.461 e. The average Bonchev–Trinajstić information content (AvgIpc) is 2.73. The van der Waals surface area contributed by atoms with Gasteiger partial charge in [-0.25, -0.2) is 0 Å². The van der Waals surface area contributed by atoms with Gasteiger partial charge in [0.05, 0.1) is 12.5 Å². The van der Waals surface area contributed by atoms with Crippen molar-refractivity contribution in [3.63, 3.8) is 0 Å². The first-order valence-corrected chi connectivity index (χ1v) is 11.1. The van der Waals surface area contributed by atoms with Crippen molar-refractivity contribution in [3.05, 3.63) is 29.8 Å². The maximum Gasteiger partial charge on any atom is 0.308 e. The number of amides is 3. The third kappa shape index (κ3) is 10.4. The highest BCUT2D eigenvalue weighted by molar-refractivity contribution is 5.96. The van der Waals surface area contributed by atoms with E-state index in [4.69, 9.17) is 4.74 Å². The summed E-state index contributed by atoms with van der Waals surface area (Å²) in [5.74, 6) is -1.11. The lowest BCUT2D eigenvalue weighted by molar-refractivity contribution is -0.148. The number of benzene rings is 1. The monoisotopic (exact) mass is 447 g/mol. The number of hydrogen-bond donors (Lipinski definition) is 3. The van der Waals surface area contributed by atoms with Crippen molar-refractivity contribution in [2.24, 2.45) is 17.8 Å². The lowest BCUT2D eigenvalue weighted by atomic mass is 10.0. The van der Waals surface area contributed by atoms with E-state index in [1.165, 1.54) is 0 Å². The summed E-state index contributed by atoms with van der Waals surface area (Å²) >= 11 is 0. The average molecular weight is 448 g/mol. The summed E-state index contributed by atoms with van der Waals surface area (Å²) in [6.07, 6.45) is 1.11. The second kappa shape index (κ2) is 13.5. The number of carbonyl (C=O) groups excluding carboxylic acids is 4. The van der Waals surface area contributed by atoms with E-state index in [-0.39, 0.29) is 42.8 Å². The third-order valence-corrected chi connectivity index (χ3v) is 4.73. The normalized spacial score (nSPS) is 11.9. The highest BCUT2D eigenvalue weighted by Gasteiger charge is 2.24. The Morgan fingerprint density at radius 2 is 1.53 bits per heavy atom. The number of carbonyl (C=O) groups is 4. The molecule has 178 valence electrons. The van der Waals surface area contributed by atoms with E-state index < -0.39 is 11.9 Å². The van der Waals surface area contributed by atoms with Gasteiger partial charge in [0, 0.05) is 12.1 Å². The van der Waals surface area contributed by atoms with Gasteiger partial charge >= 0.3 is 5.97 Å². The van der Waals surface area contributed by atoms with Gasteiger partial charge in [-0.3, -0.25) is 19.2 Å². The molecule has 32 heavy (non-hydrogen) atoms. The van der Waals surface area contributed by atoms with Gasteiger partial charge in [-0.1, -0.05) is 53.7 Å². The van der Waals surface area contributed by atoms with E-state index in [0.29, 0.717) is 18.0 Å². The number of ether oxygens (including phenoxy) is 1. The fraction of sp³-hybridized carbons (Fsp3) is 0.583. The highest BCUT2D eigenvalue weighted by atomic mass is 16.5. The van der Waals surface area contributed by atoms with Crippen molar-refractivity contribution in [1.82, 2.24) is 10.6 Å². The summed E-state index contributed by atoms with van der Waals surface area (Å²) in [6, 6.07) is 6.20. The quantitative estimate of drug-likeness (QED) is 0.426. The predicted molar refractivity (Wildman–Crippen MR) is 124 cm³/mol. The van der Waals surface area contributed by atoms with Crippen molar-refractivity contribution < 1.29 is 23.9 Å². The number of anilines is 1. The molecule has 0 bridgehead atoms. The van der Waals surface area contributed by atoms with Crippen molar-refractivity contribution in [2.45, 2.75) is 67.0 Å². The van der Waals surface area contributed by atoms with E-state index >= 15 is 0 Å². The lowest BCUT2D eigenvalue weighted by Crippen LogP contribution is -2.51. The predicted octanol–water partition coefficient (Wildman–Crippen LogP) is 3.02. The maximum absolute atomic E-state index is 12.5. The number of hydrogen-bond acceptors (Lipinski definition) is 5. The number of esters is 1. The zero-order valence-corrected chi connectivity index (χ0v) is 20.0. The van der Waals surface area contributed by atoms with Gasteiger partial charge in [-0.2, -0.15) is 0 Å².